The zero-order valence-electron chi connectivity index (χ0n) is 8.51. The maximum absolute atomic E-state index is 5.23. The molecule has 1 heterocycles. The van der Waals surface area contributed by atoms with Crippen molar-refractivity contribution in [2.45, 2.75) is 20.8 Å². The lowest BCUT2D eigenvalue weighted by Crippen LogP contribution is -1.93. The van der Waals surface area contributed by atoms with Gasteiger partial charge in [0.15, 0.2) is 0 Å². The van der Waals surface area contributed by atoms with Gasteiger partial charge in [-0.25, -0.2) is 4.98 Å². The molecule has 2 aromatic rings. The van der Waals surface area contributed by atoms with Gasteiger partial charge in [-0.1, -0.05) is 23.8 Å². The second-order valence-corrected chi connectivity index (χ2v) is 4.02. The minimum absolute atomic E-state index is 0.683. The fourth-order valence-electron chi connectivity index (χ4n) is 1.72. The quantitative estimate of drug-likeness (QED) is 0.667. The second kappa shape index (κ2) is 3.17. The highest BCUT2D eigenvalue weighted by Crippen LogP contribution is 2.18. The molecule has 0 radical (unpaired) electrons. The van der Waals surface area contributed by atoms with Gasteiger partial charge < -0.3 is 4.98 Å². The molecule has 3 heteroatoms. The van der Waals surface area contributed by atoms with Crippen LogP contribution in [0.3, 0.4) is 0 Å². The number of aryl methyl sites for hydroxylation is 3. The summed E-state index contributed by atoms with van der Waals surface area (Å²) in [7, 11) is 0. The molecule has 72 valence electrons. The van der Waals surface area contributed by atoms with Crippen LogP contribution in [0.25, 0.3) is 10.9 Å². The van der Waals surface area contributed by atoms with E-state index in [4.69, 9.17) is 12.2 Å². The Bertz CT molecular complexity index is 555. The van der Waals surface area contributed by atoms with Gasteiger partial charge in [0.05, 0.1) is 5.52 Å². The third-order valence-corrected chi connectivity index (χ3v) is 2.60. The van der Waals surface area contributed by atoms with Crippen molar-refractivity contribution < 1.29 is 0 Å². The zero-order chi connectivity index (χ0) is 10.3. The number of aromatic amines is 1. The van der Waals surface area contributed by atoms with Gasteiger partial charge in [-0.05, 0) is 32.4 Å². The van der Waals surface area contributed by atoms with Gasteiger partial charge in [-0.2, -0.15) is 0 Å². The Morgan fingerprint density at radius 3 is 2.64 bits per heavy atom. The molecular weight excluding hydrogens is 192 g/mol. The Balaban J connectivity index is 3.02. The fourth-order valence-corrected chi connectivity index (χ4v) is 2.02. The van der Waals surface area contributed by atoms with E-state index in [9.17, 15) is 0 Å². The maximum Gasteiger partial charge on any atom is 0.137 e. The number of rotatable bonds is 0. The van der Waals surface area contributed by atoms with E-state index in [0.29, 0.717) is 4.64 Å². The minimum Gasteiger partial charge on any atom is -0.343 e. The summed E-state index contributed by atoms with van der Waals surface area (Å²) in [6.45, 7) is 6.08. The zero-order valence-corrected chi connectivity index (χ0v) is 9.33. The Labute approximate surface area is 88.0 Å². The molecule has 0 aliphatic carbocycles. The number of benzene rings is 1. The van der Waals surface area contributed by atoms with Crippen LogP contribution in [-0.4, -0.2) is 9.97 Å². The van der Waals surface area contributed by atoms with Gasteiger partial charge >= 0.3 is 0 Å². The molecular formula is C11H12N2S. The van der Waals surface area contributed by atoms with Gasteiger partial charge in [0.2, 0.25) is 0 Å². The van der Waals surface area contributed by atoms with Crippen molar-refractivity contribution in [3.8, 4) is 0 Å². The van der Waals surface area contributed by atoms with E-state index in [2.05, 4.69) is 35.9 Å². The Kier molecular flexibility index (Phi) is 2.11. The van der Waals surface area contributed by atoms with Crippen LogP contribution in [0.1, 0.15) is 17.0 Å². The molecule has 1 N–H and O–H groups in total. The summed E-state index contributed by atoms with van der Waals surface area (Å²) in [5.74, 6) is 0.870. The van der Waals surface area contributed by atoms with E-state index < -0.39 is 0 Å². The molecule has 0 unspecified atom stereocenters. The van der Waals surface area contributed by atoms with Crippen LogP contribution in [-0.2, 0) is 0 Å². The van der Waals surface area contributed by atoms with E-state index in [1.807, 2.05) is 6.92 Å². The minimum atomic E-state index is 0.683. The highest BCUT2D eigenvalue weighted by molar-refractivity contribution is 7.71. The summed E-state index contributed by atoms with van der Waals surface area (Å²) in [6, 6.07) is 4.22. The smallest absolute Gasteiger partial charge is 0.137 e. The van der Waals surface area contributed by atoms with Gasteiger partial charge in [0, 0.05) is 5.39 Å². The molecule has 0 saturated heterocycles. The summed E-state index contributed by atoms with van der Waals surface area (Å²) < 4.78 is 0.683. The molecule has 0 aliphatic heterocycles. The monoisotopic (exact) mass is 204 g/mol. The number of fused-ring (bicyclic) bond motifs is 1. The second-order valence-electron chi connectivity index (χ2n) is 3.63. The third-order valence-electron chi connectivity index (χ3n) is 2.29. The van der Waals surface area contributed by atoms with Crippen molar-refractivity contribution in [3.63, 3.8) is 0 Å². The fraction of sp³-hybridized carbons (Fsp3) is 0.273. The molecule has 0 spiro atoms. The Morgan fingerprint density at radius 2 is 1.93 bits per heavy atom. The van der Waals surface area contributed by atoms with Crippen LogP contribution in [0.15, 0.2) is 12.1 Å². The van der Waals surface area contributed by atoms with E-state index in [-0.39, 0.29) is 0 Å². The molecule has 2 rings (SSSR count). The molecule has 0 atom stereocenters. The highest BCUT2D eigenvalue weighted by Gasteiger charge is 2.02. The van der Waals surface area contributed by atoms with Crippen molar-refractivity contribution in [3.05, 3.63) is 33.7 Å². The van der Waals surface area contributed by atoms with E-state index >= 15 is 0 Å². The first kappa shape index (κ1) is 9.34. The lowest BCUT2D eigenvalue weighted by Gasteiger charge is -2.05. The molecule has 0 aliphatic rings. The lowest BCUT2D eigenvalue weighted by atomic mass is 10.1. The summed E-state index contributed by atoms with van der Waals surface area (Å²) in [6.07, 6.45) is 0. The van der Waals surface area contributed by atoms with Gasteiger partial charge in [0.1, 0.15) is 10.5 Å². The van der Waals surface area contributed by atoms with Crippen LogP contribution >= 0.6 is 12.2 Å². The molecule has 0 bridgehead atoms. The highest BCUT2D eigenvalue weighted by atomic mass is 32.1. The van der Waals surface area contributed by atoms with Gasteiger partial charge in [-0.15, -0.1) is 0 Å². The third kappa shape index (κ3) is 1.44. The van der Waals surface area contributed by atoms with Crippen molar-refractivity contribution in [1.29, 1.82) is 0 Å². The van der Waals surface area contributed by atoms with Crippen LogP contribution < -0.4 is 0 Å². The summed E-state index contributed by atoms with van der Waals surface area (Å²) in [4.78, 5) is 7.49. The van der Waals surface area contributed by atoms with Gasteiger partial charge in [-0.3, -0.25) is 0 Å². The molecule has 14 heavy (non-hydrogen) atoms. The topological polar surface area (TPSA) is 28.7 Å². The molecule has 0 saturated carbocycles. The van der Waals surface area contributed by atoms with Crippen LogP contribution in [0.4, 0.5) is 0 Å². The normalized spacial score (nSPS) is 10.8. The molecule has 1 aromatic carbocycles. The first-order valence-electron chi connectivity index (χ1n) is 4.56. The van der Waals surface area contributed by atoms with Crippen LogP contribution in [0.5, 0.6) is 0 Å². The van der Waals surface area contributed by atoms with Crippen molar-refractivity contribution in [2.24, 2.45) is 0 Å². The largest absolute Gasteiger partial charge is 0.343 e. The Morgan fingerprint density at radius 1 is 1.21 bits per heavy atom. The summed E-state index contributed by atoms with van der Waals surface area (Å²) >= 11 is 5.23. The lowest BCUT2D eigenvalue weighted by molar-refractivity contribution is 1.07. The first-order chi connectivity index (χ1) is 6.58. The number of nitrogens with zero attached hydrogens (tertiary/aromatic N) is 1. The summed E-state index contributed by atoms with van der Waals surface area (Å²) in [5.41, 5.74) is 3.55. The number of hydrogen-bond acceptors (Lipinski definition) is 2. The van der Waals surface area contributed by atoms with Gasteiger partial charge in [0.25, 0.3) is 0 Å². The number of H-pyrrole nitrogens is 1. The average Bonchev–Trinajstić information content (AvgIpc) is 2.07. The number of nitrogens with one attached hydrogen (secondary N) is 1. The predicted molar refractivity (Wildman–Crippen MR) is 61.1 cm³/mol. The maximum atomic E-state index is 5.23. The SMILES string of the molecule is Cc1cc(C)c2[nH]c(C)nc(=S)c2c1. The standard InChI is InChI=1S/C11H12N2S/c1-6-4-7(2)10-9(5-6)11(14)13-8(3)12-10/h4-5H,1-3H3,(H,12,13,14). The van der Waals surface area contributed by atoms with E-state index in [1.165, 1.54) is 11.1 Å². The van der Waals surface area contributed by atoms with Crippen molar-refractivity contribution in [1.82, 2.24) is 9.97 Å². The van der Waals surface area contributed by atoms with Crippen molar-refractivity contribution in [2.75, 3.05) is 0 Å². The molecule has 2 nitrogen and oxygen atoms in total. The van der Waals surface area contributed by atoms with Crippen LogP contribution in [0, 0.1) is 25.4 Å². The molecule has 0 fully saturated rings. The molecule has 0 amide bonds. The van der Waals surface area contributed by atoms with Crippen molar-refractivity contribution >= 4 is 23.1 Å². The number of hydrogen-bond donors (Lipinski definition) is 1. The summed E-state index contributed by atoms with van der Waals surface area (Å²) in [5, 5.41) is 1.04. The first-order valence-corrected chi connectivity index (χ1v) is 4.96. The van der Waals surface area contributed by atoms with E-state index in [0.717, 1.165) is 16.7 Å². The Hall–Kier alpha value is -1.22. The predicted octanol–water partition coefficient (Wildman–Crippen LogP) is 3.22. The van der Waals surface area contributed by atoms with E-state index in [1.54, 1.807) is 0 Å². The van der Waals surface area contributed by atoms with Crippen LogP contribution in [0.2, 0.25) is 0 Å². The number of aromatic nitrogens is 2. The molecule has 1 aromatic heterocycles. The average molecular weight is 204 g/mol.